The van der Waals surface area contributed by atoms with Crippen molar-refractivity contribution in [2.75, 3.05) is 11.4 Å². The van der Waals surface area contributed by atoms with Crippen LogP contribution < -0.4 is 4.90 Å². The summed E-state index contributed by atoms with van der Waals surface area (Å²) in [5.41, 5.74) is 12.6. The molecule has 2 aliphatic carbocycles. The summed E-state index contributed by atoms with van der Waals surface area (Å²) in [5, 5.41) is 9.45. The van der Waals surface area contributed by atoms with Crippen molar-refractivity contribution >= 4 is 46.6 Å². The van der Waals surface area contributed by atoms with Crippen LogP contribution in [0.4, 0.5) is 5.69 Å². The smallest absolute Gasteiger partial charge is 0.179 e. The Labute approximate surface area is 349 Å². The molecule has 0 N–H and O–H groups in total. The molecule has 3 aliphatic rings. The molecule has 2 atom stereocenters. The Balaban J connectivity index is 1.24. The zero-order chi connectivity index (χ0) is 39.3. The molecular formula is C50H59N3S3. The molecular weight excluding hydrogens is 739 g/mol. The molecule has 4 aromatic rings. The highest BCUT2D eigenvalue weighted by atomic mass is 32.2. The second kappa shape index (κ2) is 17.9. The van der Waals surface area contributed by atoms with Crippen LogP contribution in [0.5, 0.6) is 0 Å². The summed E-state index contributed by atoms with van der Waals surface area (Å²) in [6.07, 6.45) is 21.3. The van der Waals surface area contributed by atoms with Crippen LogP contribution >= 0.6 is 34.9 Å². The zero-order valence-corrected chi connectivity index (χ0v) is 36.8. The fraction of sp³-hybridized carbons (Fsp3) is 0.400. The van der Waals surface area contributed by atoms with Gasteiger partial charge in [-0.1, -0.05) is 193 Å². The van der Waals surface area contributed by atoms with Crippen molar-refractivity contribution < 1.29 is 0 Å². The highest BCUT2D eigenvalue weighted by Crippen LogP contribution is 2.54. The number of benzene rings is 3. The number of anilines is 1. The SMILES string of the molecule is C=Cc1ccc(CSc2nnc(SC3=C(/C=C/C4C(CCCC)c5ccccc5C4(C)C)CCC/C3=C\C=C3\N(CCCC)c4ccccc4C3(C)C)s2)cc1. The van der Waals surface area contributed by atoms with Gasteiger partial charge in [0.1, 0.15) is 0 Å². The lowest BCUT2D eigenvalue weighted by Crippen LogP contribution is -2.27. The Morgan fingerprint density at radius 3 is 2.36 bits per heavy atom. The average Bonchev–Trinajstić information content (AvgIpc) is 3.82. The van der Waals surface area contributed by atoms with Crippen LogP contribution in [0.2, 0.25) is 0 Å². The number of rotatable bonds is 15. The van der Waals surface area contributed by atoms with Gasteiger partial charge in [-0.2, -0.15) is 0 Å². The van der Waals surface area contributed by atoms with E-state index in [-0.39, 0.29) is 10.8 Å². The molecule has 2 heterocycles. The summed E-state index contributed by atoms with van der Waals surface area (Å²) in [7, 11) is 0. The van der Waals surface area contributed by atoms with Gasteiger partial charge in [-0.25, -0.2) is 0 Å². The number of hydrogen-bond donors (Lipinski definition) is 0. The molecule has 7 rings (SSSR count). The van der Waals surface area contributed by atoms with Gasteiger partial charge in [-0.05, 0) is 100 Å². The molecule has 0 saturated carbocycles. The molecule has 3 nitrogen and oxygen atoms in total. The van der Waals surface area contributed by atoms with E-state index in [4.69, 9.17) is 5.10 Å². The van der Waals surface area contributed by atoms with Crippen LogP contribution in [0.3, 0.4) is 0 Å². The molecule has 0 fully saturated rings. The van der Waals surface area contributed by atoms with E-state index >= 15 is 0 Å². The molecule has 0 bridgehead atoms. The molecule has 56 heavy (non-hydrogen) atoms. The third-order valence-corrected chi connectivity index (χ3v) is 15.7. The molecule has 0 amide bonds. The Hall–Kier alpha value is -3.58. The molecule has 0 saturated heterocycles. The Bertz CT molecular complexity index is 2130. The van der Waals surface area contributed by atoms with E-state index in [1.807, 2.05) is 17.8 Å². The van der Waals surface area contributed by atoms with Crippen molar-refractivity contribution in [2.24, 2.45) is 5.92 Å². The Morgan fingerprint density at radius 2 is 1.59 bits per heavy atom. The lowest BCUT2D eigenvalue weighted by atomic mass is 9.74. The van der Waals surface area contributed by atoms with E-state index < -0.39 is 0 Å². The predicted octanol–water partition coefficient (Wildman–Crippen LogP) is 14.8. The number of para-hydroxylation sites is 1. The molecule has 292 valence electrons. The summed E-state index contributed by atoms with van der Waals surface area (Å²) >= 11 is 5.33. The second-order valence-electron chi connectivity index (χ2n) is 16.7. The van der Waals surface area contributed by atoms with Gasteiger partial charge in [0.15, 0.2) is 8.68 Å². The highest BCUT2D eigenvalue weighted by molar-refractivity contribution is 8.05. The fourth-order valence-corrected chi connectivity index (χ4v) is 12.4. The maximum atomic E-state index is 4.77. The third kappa shape index (κ3) is 8.49. The van der Waals surface area contributed by atoms with Crippen molar-refractivity contribution in [2.45, 2.75) is 124 Å². The van der Waals surface area contributed by atoms with Gasteiger partial charge in [-0.15, -0.1) is 10.2 Å². The third-order valence-electron chi connectivity index (χ3n) is 12.3. The number of unbranched alkanes of at least 4 members (excludes halogenated alkanes) is 2. The normalized spacial score (nSPS) is 21.4. The summed E-state index contributed by atoms with van der Waals surface area (Å²) in [6.45, 7) is 19.3. The number of hydrogen-bond acceptors (Lipinski definition) is 6. The largest absolute Gasteiger partial charge is 0.344 e. The van der Waals surface area contributed by atoms with E-state index in [9.17, 15) is 0 Å². The molecule has 3 aromatic carbocycles. The summed E-state index contributed by atoms with van der Waals surface area (Å²) < 4.78 is 2.03. The van der Waals surface area contributed by atoms with Crippen LogP contribution in [0.25, 0.3) is 6.08 Å². The first-order valence-corrected chi connectivity index (χ1v) is 23.4. The van der Waals surface area contributed by atoms with Crippen LogP contribution in [0.15, 0.2) is 134 Å². The molecule has 0 spiro atoms. The number of allylic oxidation sites excluding steroid dienone is 7. The van der Waals surface area contributed by atoms with Crippen LogP contribution in [-0.2, 0) is 16.6 Å². The molecule has 1 aromatic heterocycles. The number of thioether (sulfide) groups is 2. The summed E-state index contributed by atoms with van der Waals surface area (Å²) in [4.78, 5) is 3.95. The molecule has 6 heteroatoms. The van der Waals surface area contributed by atoms with E-state index in [1.54, 1.807) is 28.7 Å². The van der Waals surface area contributed by atoms with E-state index in [0.29, 0.717) is 11.8 Å². The first-order valence-electron chi connectivity index (χ1n) is 20.8. The second-order valence-corrected chi connectivity index (χ2v) is 20.2. The molecule has 0 radical (unpaired) electrons. The van der Waals surface area contributed by atoms with Gasteiger partial charge in [0.2, 0.25) is 0 Å². The standard InChI is InChI=1S/C50H59N3S3/c1-8-11-20-39-40-21-13-14-22-41(40)49(4,5)42(39)31-29-37-18-17-19-38(30-32-45-50(6,7)43-23-15-16-24-44(43)53(45)33-12-9-2)46(37)55-48-52-51-47(56-48)54-34-36-27-25-35(10-3)26-28-36/h10,13-16,21-32,39,42H,3,8-9,11-12,17-20,33-34H2,1-2,4-7H3/b31-29+,38-30+,45-32+. The quantitative estimate of drug-likeness (QED) is 0.112. The van der Waals surface area contributed by atoms with Gasteiger partial charge in [0, 0.05) is 34.0 Å². The lowest BCUT2D eigenvalue weighted by molar-refractivity contribution is 0.352. The first kappa shape index (κ1) is 40.6. The van der Waals surface area contributed by atoms with Crippen molar-refractivity contribution in [3.8, 4) is 0 Å². The Kier molecular flexibility index (Phi) is 13.0. The number of fused-ring (bicyclic) bond motifs is 2. The van der Waals surface area contributed by atoms with Crippen molar-refractivity contribution in [3.05, 3.63) is 153 Å². The summed E-state index contributed by atoms with van der Waals surface area (Å²) in [6, 6.07) is 26.9. The van der Waals surface area contributed by atoms with Crippen LogP contribution in [-0.4, -0.2) is 16.7 Å². The lowest BCUT2D eigenvalue weighted by Gasteiger charge is -2.30. The van der Waals surface area contributed by atoms with Crippen molar-refractivity contribution in [1.29, 1.82) is 0 Å². The van der Waals surface area contributed by atoms with Gasteiger partial charge in [0.25, 0.3) is 0 Å². The summed E-state index contributed by atoms with van der Waals surface area (Å²) in [5.74, 6) is 1.88. The van der Waals surface area contributed by atoms with E-state index in [0.717, 1.165) is 45.8 Å². The topological polar surface area (TPSA) is 29.0 Å². The van der Waals surface area contributed by atoms with Gasteiger partial charge in [0.05, 0.1) is 0 Å². The highest BCUT2D eigenvalue weighted by Gasteiger charge is 2.44. The number of aromatic nitrogens is 2. The maximum Gasteiger partial charge on any atom is 0.179 e. The number of nitrogens with zero attached hydrogens (tertiary/aromatic N) is 3. The van der Waals surface area contributed by atoms with E-state index in [2.05, 4.69) is 155 Å². The predicted molar refractivity (Wildman–Crippen MR) is 245 cm³/mol. The maximum absolute atomic E-state index is 4.77. The van der Waals surface area contributed by atoms with Crippen molar-refractivity contribution in [3.63, 3.8) is 0 Å². The van der Waals surface area contributed by atoms with Crippen LogP contribution in [0, 0.1) is 5.92 Å². The minimum absolute atomic E-state index is 0.0657. The fourth-order valence-electron chi connectivity index (χ4n) is 9.15. The van der Waals surface area contributed by atoms with Crippen LogP contribution in [0.1, 0.15) is 127 Å². The molecule has 1 aliphatic heterocycles. The van der Waals surface area contributed by atoms with Gasteiger partial charge < -0.3 is 4.90 Å². The average molecular weight is 798 g/mol. The van der Waals surface area contributed by atoms with Gasteiger partial charge in [-0.3, -0.25) is 0 Å². The minimum Gasteiger partial charge on any atom is -0.344 e. The van der Waals surface area contributed by atoms with Crippen molar-refractivity contribution in [1.82, 2.24) is 10.2 Å². The molecule has 2 unspecified atom stereocenters. The Morgan fingerprint density at radius 1 is 0.857 bits per heavy atom. The zero-order valence-electron chi connectivity index (χ0n) is 34.3. The monoisotopic (exact) mass is 797 g/mol. The first-order chi connectivity index (χ1) is 27.1. The van der Waals surface area contributed by atoms with E-state index in [1.165, 1.54) is 76.2 Å². The van der Waals surface area contributed by atoms with Gasteiger partial charge >= 0.3 is 0 Å². The minimum atomic E-state index is -0.0657.